The molecule has 256 valence electrons. The van der Waals surface area contributed by atoms with Gasteiger partial charge in [0, 0.05) is 44.8 Å². The Labute approximate surface area is 316 Å². The van der Waals surface area contributed by atoms with Crippen LogP contribution in [0, 0.1) is 0 Å². The standard InChI is InChI=1S/C52H38N2/c1-4-12-37(13-5-1)39-22-29-45(30-23-39)53(46-31-24-40(25-32-46)38-14-6-2-7-15-38)47-33-26-41(27-34-47)43-21-20-42-28-35-49-48-18-10-11-19-51(48)54(52(49)50(42)36-43)44-16-8-3-9-17-44/h1-10,12-18,20-36H,11,19H2. The topological polar surface area (TPSA) is 8.17 Å². The van der Waals surface area contributed by atoms with Gasteiger partial charge in [-0.1, -0.05) is 152 Å². The lowest BCUT2D eigenvalue weighted by molar-refractivity contribution is 0.890. The maximum absolute atomic E-state index is 2.51. The fraction of sp³-hybridized carbons (Fsp3) is 0.0385. The molecule has 0 bridgehead atoms. The van der Waals surface area contributed by atoms with Crippen molar-refractivity contribution in [2.45, 2.75) is 12.8 Å². The predicted molar refractivity (Wildman–Crippen MR) is 229 cm³/mol. The molecule has 9 aromatic rings. The molecule has 10 rings (SSSR count). The minimum Gasteiger partial charge on any atom is -0.312 e. The Morgan fingerprint density at radius 3 is 1.43 bits per heavy atom. The quantitative estimate of drug-likeness (QED) is 0.162. The smallest absolute Gasteiger partial charge is 0.0616 e. The Morgan fingerprint density at radius 1 is 0.407 bits per heavy atom. The molecule has 0 N–H and O–H groups in total. The molecule has 0 unspecified atom stereocenters. The van der Waals surface area contributed by atoms with Gasteiger partial charge in [-0.2, -0.15) is 0 Å². The van der Waals surface area contributed by atoms with Gasteiger partial charge in [0.1, 0.15) is 0 Å². The third-order valence-corrected chi connectivity index (χ3v) is 10.9. The van der Waals surface area contributed by atoms with Crippen molar-refractivity contribution in [2.24, 2.45) is 0 Å². The first-order valence-corrected chi connectivity index (χ1v) is 18.8. The van der Waals surface area contributed by atoms with Crippen molar-refractivity contribution < 1.29 is 0 Å². The molecule has 0 saturated heterocycles. The van der Waals surface area contributed by atoms with Gasteiger partial charge in [-0.05, 0) is 106 Å². The molecule has 1 heterocycles. The second kappa shape index (κ2) is 13.6. The first-order chi connectivity index (χ1) is 26.8. The van der Waals surface area contributed by atoms with Gasteiger partial charge < -0.3 is 9.47 Å². The zero-order valence-corrected chi connectivity index (χ0v) is 29.9. The molecule has 0 atom stereocenters. The van der Waals surface area contributed by atoms with Crippen molar-refractivity contribution in [2.75, 3.05) is 4.90 Å². The average molecular weight is 691 g/mol. The highest BCUT2D eigenvalue weighted by Crippen LogP contribution is 2.41. The fourth-order valence-electron chi connectivity index (χ4n) is 8.19. The summed E-state index contributed by atoms with van der Waals surface area (Å²) in [4.78, 5) is 2.35. The lowest BCUT2D eigenvalue weighted by atomic mass is 9.97. The van der Waals surface area contributed by atoms with Crippen LogP contribution in [0.5, 0.6) is 0 Å². The number of allylic oxidation sites excluding steroid dienone is 1. The number of aromatic nitrogens is 1. The van der Waals surface area contributed by atoms with E-state index in [0.29, 0.717) is 0 Å². The molecule has 8 aromatic carbocycles. The van der Waals surface area contributed by atoms with E-state index in [9.17, 15) is 0 Å². The van der Waals surface area contributed by atoms with E-state index in [1.165, 1.54) is 72.0 Å². The Hall–Kier alpha value is -6.90. The second-order valence-electron chi connectivity index (χ2n) is 14.1. The number of rotatable bonds is 7. The summed E-state index contributed by atoms with van der Waals surface area (Å²) in [7, 11) is 0. The van der Waals surface area contributed by atoms with Crippen LogP contribution in [0.1, 0.15) is 17.7 Å². The maximum Gasteiger partial charge on any atom is 0.0616 e. The van der Waals surface area contributed by atoms with Gasteiger partial charge in [0.25, 0.3) is 0 Å². The van der Waals surface area contributed by atoms with Gasteiger partial charge in [0.05, 0.1) is 5.52 Å². The van der Waals surface area contributed by atoms with Crippen molar-refractivity contribution in [3.8, 4) is 39.1 Å². The number of fused-ring (bicyclic) bond motifs is 5. The Kier molecular flexibility index (Phi) is 8.00. The van der Waals surface area contributed by atoms with Crippen molar-refractivity contribution in [1.82, 2.24) is 4.57 Å². The normalized spacial score (nSPS) is 12.2. The Morgan fingerprint density at radius 2 is 0.870 bits per heavy atom. The van der Waals surface area contributed by atoms with Crippen LogP contribution in [-0.4, -0.2) is 4.57 Å². The van der Waals surface area contributed by atoms with Crippen molar-refractivity contribution in [3.63, 3.8) is 0 Å². The number of anilines is 3. The SMILES string of the molecule is C1=Cc2c(n(-c3ccccc3)c3c2ccc2ccc(-c4ccc(N(c5ccc(-c6ccccc6)cc5)c5ccc(-c6ccccc6)cc5)cc4)cc23)CC1. The molecule has 2 nitrogen and oxygen atoms in total. The first-order valence-electron chi connectivity index (χ1n) is 18.8. The van der Waals surface area contributed by atoms with Crippen molar-refractivity contribution in [3.05, 3.63) is 211 Å². The molecule has 1 aliphatic carbocycles. The van der Waals surface area contributed by atoms with Gasteiger partial charge in [-0.3, -0.25) is 0 Å². The van der Waals surface area contributed by atoms with Gasteiger partial charge in [-0.25, -0.2) is 0 Å². The summed E-state index contributed by atoms with van der Waals surface area (Å²) in [5.74, 6) is 0. The predicted octanol–water partition coefficient (Wildman–Crippen LogP) is 14.2. The van der Waals surface area contributed by atoms with Crippen LogP contribution in [0.15, 0.2) is 200 Å². The third kappa shape index (κ3) is 5.70. The van der Waals surface area contributed by atoms with E-state index in [1.54, 1.807) is 0 Å². The number of para-hydroxylation sites is 1. The summed E-state index contributed by atoms with van der Waals surface area (Å²) in [6.07, 6.45) is 6.75. The van der Waals surface area contributed by atoms with E-state index in [1.807, 2.05) is 0 Å². The van der Waals surface area contributed by atoms with Gasteiger partial charge in [-0.15, -0.1) is 0 Å². The summed E-state index contributed by atoms with van der Waals surface area (Å²) in [5, 5.41) is 3.85. The summed E-state index contributed by atoms with van der Waals surface area (Å²) in [6.45, 7) is 0. The summed E-state index contributed by atoms with van der Waals surface area (Å²) in [5.41, 5.74) is 15.8. The maximum atomic E-state index is 2.51. The monoisotopic (exact) mass is 690 g/mol. The first kappa shape index (κ1) is 31.8. The van der Waals surface area contributed by atoms with Crippen LogP contribution in [-0.2, 0) is 6.42 Å². The molecule has 0 saturated carbocycles. The van der Waals surface area contributed by atoms with E-state index < -0.39 is 0 Å². The highest BCUT2D eigenvalue weighted by molar-refractivity contribution is 6.11. The molecular weight excluding hydrogens is 653 g/mol. The Bertz CT molecular complexity index is 2680. The van der Waals surface area contributed by atoms with Crippen molar-refractivity contribution >= 4 is 44.8 Å². The van der Waals surface area contributed by atoms with Crippen LogP contribution in [0.2, 0.25) is 0 Å². The van der Waals surface area contributed by atoms with Crippen LogP contribution < -0.4 is 4.90 Å². The molecule has 0 spiro atoms. The van der Waals surface area contributed by atoms with Gasteiger partial charge in [0.15, 0.2) is 0 Å². The minimum atomic E-state index is 1.04. The van der Waals surface area contributed by atoms with E-state index in [4.69, 9.17) is 0 Å². The molecule has 0 aliphatic heterocycles. The molecule has 0 radical (unpaired) electrons. The van der Waals surface area contributed by atoms with E-state index in [-0.39, 0.29) is 0 Å². The largest absolute Gasteiger partial charge is 0.312 e. The highest BCUT2D eigenvalue weighted by atomic mass is 15.1. The number of benzene rings is 8. The summed E-state index contributed by atoms with van der Waals surface area (Å²) >= 11 is 0. The minimum absolute atomic E-state index is 1.04. The molecule has 1 aromatic heterocycles. The van der Waals surface area contributed by atoms with Crippen LogP contribution >= 0.6 is 0 Å². The third-order valence-electron chi connectivity index (χ3n) is 10.9. The molecule has 2 heteroatoms. The zero-order chi connectivity index (χ0) is 35.8. The number of nitrogens with zero attached hydrogens (tertiary/aromatic N) is 2. The van der Waals surface area contributed by atoms with E-state index >= 15 is 0 Å². The zero-order valence-electron chi connectivity index (χ0n) is 29.9. The molecule has 0 amide bonds. The van der Waals surface area contributed by atoms with Crippen LogP contribution in [0.4, 0.5) is 17.1 Å². The lowest BCUT2D eigenvalue weighted by Gasteiger charge is -2.26. The molecule has 0 fully saturated rings. The number of hydrogen-bond acceptors (Lipinski definition) is 1. The number of hydrogen-bond donors (Lipinski definition) is 0. The van der Waals surface area contributed by atoms with Gasteiger partial charge in [0.2, 0.25) is 0 Å². The second-order valence-corrected chi connectivity index (χ2v) is 14.1. The summed E-state index contributed by atoms with van der Waals surface area (Å²) < 4.78 is 2.51. The average Bonchev–Trinajstić information content (AvgIpc) is 3.60. The lowest BCUT2D eigenvalue weighted by Crippen LogP contribution is -2.09. The van der Waals surface area contributed by atoms with Crippen LogP contribution in [0.25, 0.3) is 66.8 Å². The Balaban J connectivity index is 1.06. The van der Waals surface area contributed by atoms with Gasteiger partial charge >= 0.3 is 0 Å². The highest BCUT2D eigenvalue weighted by Gasteiger charge is 2.21. The molecule has 54 heavy (non-hydrogen) atoms. The van der Waals surface area contributed by atoms with E-state index in [2.05, 4.69) is 216 Å². The molecular formula is C52H38N2. The summed E-state index contributed by atoms with van der Waals surface area (Å²) in [6, 6.07) is 70.4. The van der Waals surface area contributed by atoms with Crippen molar-refractivity contribution in [1.29, 1.82) is 0 Å². The fourth-order valence-corrected chi connectivity index (χ4v) is 8.19. The van der Waals surface area contributed by atoms with Crippen LogP contribution in [0.3, 0.4) is 0 Å². The van der Waals surface area contributed by atoms with E-state index in [0.717, 1.165) is 29.9 Å². The molecule has 1 aliphatic rings.